The smallest absolute Gasteiger partial charge is 0.257 e. The van der Waals surface area contributed by atoms with Crippen molar-refractivity contribution in [3.63, 3.8) is 0 Å². The van der Waals surface area contributed by atoms with Crippen molar-refractivity contribution in [2.24, 2.45) is 0 Å². The van der Waals surface area contributed by atoms with Crippen molar-refractivity contribution in [2.75, 3.05) is 32.8 Å². The molecule has 0 spiro atoms. The highest BCUT2D eigenvalue weighted by atomic mass is 35.5. The van der Waals surface area contributed by atoms with Crippen LogP contribution in [0.4, 0.5) is 0 Å². The first-order chi connectivity index (χ1) is 17.1. The van der Waals surface area contributed by atoms with Crippen molar-refractivity contribution < 1.29 is 26.4 Å². The van der Waals surface area contributed by atoms with Gasteiger partial charge in [0, 0.05) is 26.2 Å². The maximum atomic E-state index is 12.6. The number of nitrogens with zero attached hydrogens (tertiary/aromatic N) is 1. The topological polar surface area (TPSA) is 122 Å². The minimum Gasteiger partial charge on any atom is -0.482 e. The fourth-order valence-electron chi connectivity index (χ4n) is 3.68. The number of nitrogens with one attached hydrogen (secondary N) is 2. The molecule has 1 fully saturated rings. The van der Waals surface area contributed by atoms with E-state index in [2.05, 4.69) is 10.0 Å². The summed E-state index contributed by atoms with van der Waals surface area (Å²) in [6.45, 7) is 3.49. The molecule has 0 aliphatic carbocycles. The number of unbranched alkanes of at least 4 members (excludes halogenated alkanes) is 1. The second kappa shape index (κ2) is 12.9. The molecule has 0 atom stereocenters. The molecule has 198 valence electrons. The summed E-state index contributed by atoms with van der Waals surface area (Å²) in [5.41, 5.74) is 0.893. The number of carbonyl (C=O) groups excluding carboxylic acids is 1. The summed E-state index contributed by atoms with van der Waals surface area (Å²) in [5, 5.41) is 2.82. The van der Waals surface area contributed by atoms with Crippen LogP contribution in [0.2, 0.25) is 5.02 Å². The molecule has 1 saturated heterocycles. The maximum Gasteiger partial charge on any atom is 0.257 e. The highest BCUT2D eigenvalue weighted by Gasteiger charge is 2.26. The number of benzene rings is 2. The van der Waals surface area contributed by atoms with Crippen LogP contribution in [-0.4, -0.2) is 59.8 Å². The normalized spacial score (nSPS) is 14.6. The molecule has 0 aromatic heterocycles. The van der Waals surface area contributed by atoms with Crippen LogP contribution in [0.3, 0.4) is 0 Å². The Bertz CT molecular complexity index is 1250. The van der Waals surface area contributed by atoms with Gasteiger partial charge >= 0.3 is 0 Å². The van der Waals surface area contributed by atoms with Crippen molar-refractivity contribution in [1.29, 1.82) is 0 Å². The Morgan fingerprint density at radius 3 is 2.31 bits per heavy atom. The van der Waals surface area contributed by atoms with Crippen LogP contribution in [0.1, 0.15) is 38.2 Å². The Morgan fingerprint density at radius 1 is 1.00 bits per heavy atom. The maximum absolute atomic E-state index is 12.6. The number of amides is 1. The van der Waals surface area contributed by atoms with Crippen molar-refractivity contribution in [3.8, 4) is 5.75 Å². The van der Waals surface area contributed by atoms with Gasteiger partial charge in [-0.15, -0.1) is 0 Å². The van der Waals surface area contributed by atoms with E-state index >= 15 is 0 Å². The van der Waals surface area contributed by atoms with Gasteiger partial charge in [0.25, 0.3) is 5.91 Å². The van der Waals surface area contributed by atoms with Gasteiger partial charge in [-0.1, -0.05) is 37.1 Å². The van der Waals surface area contributed by atoms with Crippen molar-refractivity contribution in [2.45, 2.75) is 48.8 Å². The van der Waals surface area contributed by atoms with Crippen LogP contribution in [0.5, 0.6) is 5.75 Å². The van der Waals surface area contributed by atoms with Gasteiger partial charge in [0.2, 0.25) is 20.0 Å². The Hall–Kier alpha value is -2.18. The van der Waals surface area contributed by atoms with E-state index in [4.69, 9.17) is 16.3 Å². The zero-order chi connectivity index (χ0) is 26.2. The van der Waals surface area contributed by atoms with E-state index in [9.17, 15) is 21.6 Å². The van der Waals surface area contributed by atoms with E-state index in [-0.39, 0.29) is 33.1 Å². The Kier molecular flexibility index (Phi) is 10.1. The largest absolute Gasteiger partial charge is 0.482 e. The minimum absolute atomic E-state index is 0.0275. The third kappa shape index (κ3) is 7.66. The molecule has 0 saturated carbocycles. The molecular formula is C24H32ClN3O6S2. The summed E-state index contributed by atoms with van der Waals surface area (Å²) < 4.78 is 59.2. The molecule has 1 amide bonds. The Balaban J connectivity index is 1.44. The average molecular weight is 558 g/mol. The van der Waals surface area contributed by atoms with Gasteiger partial charge in [-0.25, -0.2) is 21.6 Å². The van der Waals surface area contributed by atoms with Crippen molar-refractivity contribution >= 4 is 37.6 Å². The third-order valence-electron chi connectivity index (χ3n) is 5.76. The second-order valence-corrected chi connectivity index (χ2v) is 12.6. The van der Waals surface area contributed by atoms with Crippen LogP contribution in [0, 0.1) is 0 Å². The third-order valence-corrected chi connectivity index (χ3v) is 9.42. The molecule has 0 unspecified atom stereocenters. The van der Waals surface area contributed by atoms with Gasteiger partial charge < -0.3 is 10.1 Å². The Morgan fingerprint density at radius 2 is 1.67 bits per heavy atom. The van der Waals surface area contributed by atoms with Crippen molar-refractivity contribution in [3.05, 3.63) is 53.1 Å². The first kappa shape index (κ1) is 28.4. The number of halogens is 1. The Labute approximate surface area is 218 Å². The highest BCUT2D eigenvalue weighted by molar-refractivity contribution is 7.89. The zero-order valence-electron chi connectivity index (χ0n) is 20.2. The van der Waals surface area contributed by atoms with Gasteiger partial charge in [0.1, 0.15) is 5.75 Å². The van der Waals surface area contributed by atoms with Gasteiger partial charge in [0.05, 0.1) is 14.8 Å². The molecule has 3 rings (SSSR count). The number of sulfonamides is 2. The standard InChI is InChI=1S/C24H32ClN3O6S2/c1-2-3-13-27-35(30,31)21-10-11-23(22(25)17-21)34-18-24(29)26-14-12-19-6-8-20(9-7-19)36(32,33)28-15-4-5-16-28/h6-11,17,27H,2-5,12-16,18H2,1H3,(H,26,29). The van der Waals surface area contributed by atoms with E-state index in [0.29, 0.717) is 32.6 Å². The van der Waals surface area contributed by atoms with E-state index < -0.39 is 20.0 Å². The van der Waals surface area contributed by atoms with Crippen LogP contribution >= 0.6 is 11.6 Å². The zero-order valence-corrected chi connectivity index (χ0v) is 22.6. The summed E-state index contributed by atoms with van der Waals surface area (Å²) in [4.78, 5) is 12.5. The molecule has 1 aliphatic heterocycles. The predicted molar refractivity (Wildman–Crippen MR) is 138 cm³/mol. The van der Waals surface area contributed by atoms with E-state index in [1.807, 2.05) is 6.92 Å². The average Bonchev–Trinajstić information content (AvgIpc) is 3.40. The van der Waals surface area contributed by atoms with Gasteiger partial charge in [-0.3, -0.25) is 4.79 Å². The molecule has 1 aliphatic rings. The summed E-state index contributed by atoms with van der Waals surface area (Å²) in [6.07, 6.45) is 3.89. The number of rotatable bonds is 13. The summed E-state index contributed by atoms with van der Waals surface area (Å²) >= 11 is 6.16. The summed E-state index contributed by atoms with van der Waals surface area (Å²) in [5.74, 6) is -0.161. The molecular weight excluding hydrogens is 526 g/mol. The molecule has 2 N–H and O–H groups in total. The molecule has 2 aromatic carbocycles. The number of carbonyl (C=O) groups is 1. The molecule has 36 heavy (non-hydrogen) atoms. The SMILES string of the molecule is CCCCNS(=O)(=O)c1ccc(OCC(=O)NCCc2ccc(S(=O)(=O)N3CCCC3)cc2)c(Cl)c1. The van der Waals surface area contributed by atoms with E-state index in [0.717, 1.165) is 31.2 Å². The second-order valence-electron chi connectivity index (χ2n) is 8.49. The predicted octanol–water partition coefficient (Wildman–Crippen LogP) is 2.94. The lowest BCUT2D eigenvalue weighted by Gasteiger charge is -2.15. The molecule has 0 bridgehead atoms. The lowest BCUT2D eigenvalue weighted by Crippen LogP contribution is -2.30. The summed E-state index contributed by atoms with van der Waals surface area (Å²) in [6, 6.07) is 10.8. The first-order valence-corrected chi connectivity index (χ1v) is 15.2. The van der Waals surface area contributed by atoms with Gasteiger partial charge in [0.15, 0.2) is 6.61 Å². The van der Waals surface area contributed by atoms with Crippen LogP contribution in [0.25, 0.3) is 0 Å². The quantitative estimate of drug-likeness (QED) is 0.365. The van der Waals surface area contributed by atoms with Crippen molar-refractivity contribution in [1.82, 2.24) is 14.3 Å². The van der Waals surface area contributed by atoms with Gasteiger partial charge in [-0.05, 0) is 61.6 Å². The summed E-state index contributed by atoms with van der Waals surface area (Å²) in [7, 11) is -7.11. The van der Waals surface area contributed by atoms with E-state index in [1.54, 1.807) is 24.3 Å². The fraction of sp³-hybridized carbons (Fsp3) is 0.458. The fourth-order valence-corrected chi connectivity index (χ4v) is 6.60. The molecule has 12 heteroatoms. The lowest BCUT2D eigenvalue weighted by atomic mass is 10.1. The van der Waals surface area contributed by atoms with Crippen LogP contribution < -0.4 is 14.8 Å². The first-order valence-electron chi connectivity index (χ1n) is 11.9. The molecule has 1 heterocycles. The van der Waals surface area contributed by atoms with Crippen LogP contribution in [-0.2, 0) is 31.3 Å². The number of ether oxygens (including phenoxy) is 1. The minimum atomic E-state index is -3.66. The van der Waals surface area contributed by atoms with E-state index in [1.165, 1.54) is 22.5 Å². The molecule has 9 nitrogen and oxygen atoms in total. The monoisotopic (exact) mass is 557 g/mol. The molecule has 0 radical (unpaired) electrons. The van der Waals surface area contributed by atoms with Crippen LogP contribution in [0.15, 0.2) is 52.3 Å². The lowest BCUT2D eigenvalue weighted by molar-refractivity contribution is -0.123. The molecule has 2 aromatic rings. The van der Waals surface area contributed by atoms with Gasteiger partial charge in [-0.2, -0.15) is 4.31 Å². The number of hydrogen-bond donors (Lipinski definition) is 2. The highest BCUT2D eigenvalue weighted by Crippen LogP contribution is 2.27. The number of hydrogen-bond acceptors (Lipinski definition) is 6.